The molecule has 222 valence electrons. The molecule has 42 heavy (non-hydrogen) atoms. The maximum Gasteiger partial charge on any atom is 0.290 e. The molecule has 0 saturated carbocycles. The number of carbonyl (C=O) groups excluding carboxylic acids is 2. The number of carbonyl (C=O) groups is 2. The second-order valence-electron chi connectivity index (χ2n) is 10.0. The molecule has 2 aliphatic rings. The lowest BCUT2D eigenvalue weighted by atomic mass is 9.97. The average Bonchev–Trinajstić information content (AvgIpc) is 3.74. The van der Waals surface area contributed by atoms with Crippen molar-refractivity contribution in [3.63, 3.8) is 0 Å². The first kappa shape index (κ1) is 29.2. The van der Waals surface area contributed by atoms with E-state index in [4.69, 9.17) is 28.5 Å². The Kier molecular flexibility index (Phi) is 9.40. The minimum Gasteiger partial charge on any atom is -0.497 e. The molecule has 5 rings (SSSR count). The lowest BCUT2D eigenvalue weighted by molar-refractivity contribution is -0.133. The average molecular weight is 577 g/mol. The molecule has 2 aromatic carbocycles. The number of benzene rings is 2. The van der Waals surface area contributed by atoms with E-state index in [0.717, 1.165) is 24.2 Å². The SMILES string of the molecule is COc1ccc(C2CC(c3ccc(OC)cc3OC)=NN2C(=O)CN(CCN2CCOCC2)C(=O)c2ccco2)cc1. The summed E-state index contributed by atoms with van der Waals surface area (Å²) >= 11 is 0. The van der Waals surface area contributed by atoms with Crippen molar-refractivity contribution in [1.29, 1.82) is 0 Å². The van der Waals surface area contributed by atoms with Crippen LogP contribution in [0, 0.1) is 0 Å². The van der Waals surface area contributed by atoms with Crippen molar-refractivity contribution in [2.24, 2.45) is 5.10 Å². The number of furan rings is 1. The lowest BCUT2D eigenvalue weighted by Crippen LogP contribution is -2.46. The lowest BCUT2D eigenvalue weighted by Gasteiger charge is -2.30. The van der Waals surface area contributed by atoms with Crippen LogP contribution in [0.4, 0.5) is 0 Å². The summed E-state index contributed by atoms with van der Waals surface area (Å²) in [7, 11) is 4.79. The van der Waals surface area contributed by atoms with Gasteiger partial charge in [0.1, 0.15) is 23.8 Å². The van der Waals surface area contributed by atoms with Gasteiger partial charge in [0.25, 0.3) is 11.8 Å². The fourth-order valence-corrected chi connectivity index (χ4v) is 5.16. The van der Waals surface area contributed by atoms with Gasteiger partial charge in [-0.1, -0.05) is 12.1 Å². The molecule has 3 heterocycles. The van der Waals surface area contributed by atoms with E-state index >= 15 is 0 Å². The van der Waals surface area contributed by atoms with E-state index in [1.165, 1.54) is 16.2 Å². The summed E-state index contributed by atoms with van der Waals surface area (Å²) in [6.45, 7) is 3.66. The van der Waals surface area contributed by atoms with Gasteiger partial charge in [0.15, 0.2) is 5.76 Å². The number of rotatable bonds is 11. The molecule has 0 spiro atoms. The molecule has 11 nitrogen and oxygen atoms in total. The van der Waals surface area contributed by atoms with Gasteiger partial charge in [-0.15, -0.1) is 0 Å². The highest BCUT2D eigenvalue weighted by atomic mass is 16.5. The Morgan fingerprint density at radius 3 is 2.38 bits per heavy atom. The van der Waals surface area contributed by atoms with Gasteiger partial charge in [-0.25, -0.2) is 5.01 Å². The number of hydrogen-bond acceptors (Lipinski definition) is 9. The maximum absolute atomic E-state index is 14.0. The van der Waals surface area contributed by atoms with Crippen LogP contribution < -0.4 is 14.2 Å². The quantitative estimate of drug-likeness (QED) is 0.342. The first-order valence-corrected chi connectivity index (χ1v) is 13.9. The molecule has 1 fully saturated rings. The van der Waals surface area contributed by atoms with Crippen LogP contribution in [-0.4, -0.2) is 99.6 Å². The molecule has 3 aromatic rings. The van der Waals surface area contributed by atoms with Gasteiger partial charge in [-0.05, 0) is 42.0 Å². The molecule has 0 bridgehead atoms. The van der Waals surface area contributed by atoms with Crippen molar-refractivity contribution in [2.45, 2.75) is 12.5 Å². The Morgan fingerprint density at radius 1 is 0.976 bits per heavy atom. The van der Waals surface area contributed by atoms with Crippen molar-refractivity contribution in [3.05, 3.63) is 77.7 Å². The van der Waals surface area contributed by atoms with E-state index in [9.17, 15) is 9.59 Å². The number of hydrogen-bond donors (Lipinski definition) is 0. The molecule has 11 heteroatoms. The third kappa shape index (κ3) is 6.58. The van der Waals surface area contributed by atoms with Gasteiger partial charge in [0, 0.05) is 44.2 Å². The monoisotopic (exact) mass is 576 g/mol. The minimum absolute atomic E-state index is 0.160. The summed E-state index contributed by atoms with van der Waals surface area (Å²) in [5.41, 5.74) is 2.36. The fraction of sp³-hybridized carbons (Fsp3) is 0.387. The standard InChI is InChI=1S/C31H36N4O7/c1-38-23-8-6-22(7-9-23)27-20-26(25-11-10-24(39-2)19-29(25)40-3)32-35(27)30(36)21-34(31(37)28-5-4-16-42-28)13-12-33-14-17-41-18-15-33/h4-11,16,19,27H,12-15,17-18,20-21H2,1-3H3. The normalized spacial score (nSPS) is 17.1. The number of amides is 2. The molecule has 1 atom stereocenters. The van der Waals surface area contributed by atoms with E-state index in [2.05, 4.69) is 4.90 Å². The third-order valence-electron chi connectivity index (χ3n) is 7.52. The van der Waals surface area contributed by atoms with Gasteiger partial charge in [-0.3, -0.25) is 14.5 Å². The van der Waals surface area contributed by atoms with Crippen molar-refractivity contribution in [1.82, 2.24) is 14.8 Å². The van der Waals surface area contributed by atoms with E-state index in [-0.39, 0.29) is 30.2 Å². The highest BCUT2D eigenvalue weighted by molar-refractivity contribution is 6.05. The summed E-state index contributed by atoms with van der Waals surface area (Å²) in [5.74, 6) is 1.50. The van der Waals surface area contributed by atoms with Gasteiger partial charge < -0.3 is 28.3 Å². The topological polar surface area (TPSA) is 106 Å². The number of morpholine rings is 1. The van der Waals surface area contributed by atoms with E-state index in [0.29, 0.717) is 55.7 Å². The summed E-state index contributed by atoms with van der Waals surface area (Å²) in [5, 5.41) is 6.29. The zero-order chi connectivity index (χ0) is 29.5. The first-order valence-electron chi connectivity index (χ1n) is 13.9. The Balaban J connectivity index is 1.43. The van der Waals surface area contributed by atoms with Crippen LogP contribution >= 0.6 is 0 Å². The molecule has 0 aliphatic carbocycles. The zero-order valence-electron chi connectivity index (χ0n) is 24.2. The molecule has 2 amide bonds. The second kappa shape index (κ2) is 13.5. The number of ether oxygens (including phenoxy) is 4. The molecule has 1 unspecified atom stereocenters. The largest absolute Gasteiger partial charge is 0.497 e. The second-order valence-corrected chi connectivity index (χ2v) is 10.0. The predicted molar refractivity (Wildman–Crippen MR) is 155 cm³/mol. The van der Waals surface area contributed by atoms with Gasteiger partial charge in [-0.2, -0.15) is 5.10 Å². The number of hydrazone groups is 1. The molecule has 1 aromatic heterocycles. The number of nitrogens with zero attached hydrogens (tertiary/aromatic N) is 4. The van der Waals surface area contributed by atoms with Crippen LogP contribution in [0.2, 0.25) is 0 Å². The van der Waals surface area contributed by atoms with Gasteiger partial charge >= 0.3 is 0 Å². The van der Waals surface area contributed by atoms with Crippen LogP contribution in [-0.2, 0) is 9.53 Å². The first-order chi connectivity index (χ1) is 20.5. The minimum atomic E-state index is -0.384. The highest BCUT2D eigenvalue weighted by Gasteiger charge is 2.36. The summed E-state index contributed by atoms with van der Waals surface area (Å²) in [6, 6.07) is 16.0. The van der Waals surface area contributed by atoms with Crippen LogP contribution in [0.3, 0.4) is 0 Å². The summed E-state index contributed by atoms with van der Waals surface area (Å²) < 4.78 is 27.2. The highest BCUT2D eigenvalue weighted by Crippen LogP contribution is 2.36. The van der Waals surface area contributed by atoms with Crippen LogP contribution in [0.5, 0.6) is 17.2 Å². The van der Waals surface area contributed by atoms with E-state index < -0.39 is 0 Å². The van der Waals surface area contributed by atoms with Crippen molar-refractivity contribution in [3.8, 4) is 17.2 Å². The number of methoxy groups -OCH3 is 3. The van der Waals surface area contributed by atoms with Crippen LogP contribution in [0.25, 0.3) is 0 Å². The summed E-state index contributed by atoms with van der Waals surface area (Å²) in [4.78, 5) is 31.2. The Hall–Kier alpha value is -4.35. The predicted octanol–water partition coefficient (Wildman–Crippen LogP) is 3.46. The molecular formula is C31H36N4O7. The third-order valence-corrected chi connectivity index (χ3v) is 7.52. The van der Waals surface area contributed by atoms with Crippen molar-refractivity contribution >= 4 is 17.5 Å². The van der Waals surface area contributed by atoms with Crippen molar-refractivity contribution < 1.29 is 33.0 Å². The maximum atomic E-state index is 14.0. The smallest absolute Gasteiger partial charge is 0.290 e. The molecule has 2 aliphatic heterocycles. The molecular weight excluding hydrogens is 540 g/mol. The van der Waals surface area contributed by atoms with Crippen LogP contribution in [0.15, 0.2) is 70.4 Å². The van der Waals surface area contributed by atoms with Crippen molar-refractivity contribution in [2.75, 3.05) is 67.3 Å². The molecule has 0 N–H and O–H groups in total. The molecule has 1 saturated heterocycles. The van der Waals surface area contributed by atoms with E-state index in [1.807, 2.05) is 36.4 Å². The Bertz CT molecular complexity index is 1380. The van der Waals surface area contributed by atoms with Gasteiger partial charge in [0.05, 0.1) is 52.6 Å². The van der Waals surface area contributed by atoms with E-state index in [1.54, 1.807) is 39.5 Å². The van der Waals surface area contributed by atoms with Gasteiger partial charge in [0.2, 0.25) is 0 Å². The Labute approximate surface area is 245 Å². The van der Waals surface area contributed by atoms with Crippen LogP contribution in [0.1, 0.15) is 34.1 Å². The zero-order valence-corrected chi connectivity index (χ0v) is 24.2. The molecule has 0 radical (unpaired) electrons. The summed E-state index contributed by atoms with van der Waals surface area (Å²) in [6.07, 6.45) is 1.91. The Morgan fingerprint density at radius 2 is 1.71 bits per heavy atom. The fourth-order valence-electron chi connectivity index (χ4n) is 5.16.